The maximum Gasteiger partial charge on any atom is 0.00980 e. The lowest BCUT2D eigenvalue weighted by Gasteiger charge is -2.39. The molecule has 94 valence electrons. The summed E-state index contributed by atoms with van der Waals surface area (Å²) in [5, 5.41) is 3.80. The van der Waals surface area contributed by atoms with Crippen LogP contribution in [-0.4, -0.2) is 12.6 Å². The van der Waals surface area contributed by atoms with E-state index in [-0.39, 0.29) is 0 Å². The summed E-state index contributed by atoms with van der Waals surface area (Å²) in [7, 11) is 0. The molecule has 0 radical (unpaired) electrons. The molecule has 0 bridgehead atoms. The van der Waals surface area contributed by atoms with Gasteiger partial charge in [-0.15, -0.1) is 0 Å². The zero-order valence-corrected chi connectivity index (χ0v) is 11.2. The predicted octanol–water partition coefficient (Wildman–Crippen LogP) is 3.98. The van der Waals surface area contributed by atoms with Gasteiger partial charge in [-0.3, -0.25) is 0 Å². The third kappa shape index (κ3) is 3.00. The summed E-state index contributed by atoms with van der Waals surface area (Å²) >= 11 is 0. The third-order valence-corrected chi connectivity index (χ3v) is 5.09. The van der Waals surface area contributed by atoms with Crippen LogP contribution in [0.25, 0.3) is 0 Å². The van der Waals surface area contributed by atoms with Gasteiger partial charge in [0.05, 0.1) is 0 Å². The first-order valence-electron chi connectivity index (χ1n) is 7.56. The van der Waals surface area contributed by atoms with Crippen molar-refractivity contribution in [1.29, 1.82) is 0 Å². The molecule has 1 aliphatic heterocycles. The second-order valence-corrected chi connectivity index (χ2v) is 6.06. The molecule has 2 fully saturated rings. The van der Waals surface area contributed by atoms with E-state index in [0.717, 1.165) is 23.8 Å². The standard InChI is InChI=1S/C15H29N/c1-3-12-6-5-7-14(10-12)15-11-13(4-2)8-9-16-15/h12-16H,3-11H2,1-2H3. The average Bonchev–Trinajstić information content (AvgIpc) is 2.39. The molecule has 0 spiro atoms. The van der Waals surface area contributed by atoms with E-state index in [0.29, 0.717) is 0 Å². The van der Waals surface area contributed by atoms with Crippen LogP contribution in [0, 0.1) is 17.8 Å². The zero-order valence-electron chi connectivity index (χ0n) is 11.2. The maximum atomic E-state index is 3.80. The lowest BCUT2D eigenvalue weighted by molar-refractivity contribution is 0.163. The topological polar surface area (TPSA) is 12.0 Å². The molecular weight excluding hydrogens is 194 g/mol. The van der Waals surface area contributed by atoms with Crippen molar-refractivity contribution < 1.29 is 0 Å². The van der Waals surface area contributed by atoms with Gasteiger partial charge in [-0.25, -0.2) is 0 Å². The highest BCUT2D eigenvalue weighted by molar-refractivity contribution is 4.86. The van der Waals surface area contributed by atoms with Gasteiger partial charge in [0.25, 0.3) is 0 Å². The first kappa shape index (κ1) is 12.4. The van der Waals surface area contributed by atoms with Crippen molar-refractivity contribution >= 4 is 0 Å². The Morgan fingerprint density at radius 2 is 1.69 bits per heavy atom. The van der Waals surface area contributed by atoms with Crippen molar-refractivity contribution in [1.82, 2.24) is 5.32 Å². The first-order chi connectivity index (χ1) is 7.83. The van der Waals surface area contributed by atoms with Crippen LogP contribution < -0.4 is 5.32 Å². The molecule has 1 heterocycles. The molecule has 1 N–H and O–H groups in total. The van der Waals surface area contributed by atoms with Crippen LogP contribution in [0.1, 0.15) is 65.2 Å². The van der Waals surface area contributed by atoms with Crippen molar-refractivity contribution in [2.24, 2.45) is 17.8 Å². The predicted molar refractivity (Wildman–Crippen MR) is 70.5 cm³/mol. The monoisotopic (exact) mass is 223 g/mol. The SMILES string of the molecule is CCC1CCCC(C2CC(CC)CCN2)C1. The van der Waals surface area contributed by atoms with Gasteiger partial charge in [-0.05, 0) is 50.0 Å². The second kappa shape index (κ2) is 6.05. The summed E-state index contributed by atoms with van der Waals surface area (Å²) < 4.78 is 0. The molecule has 0 aromatic rings. The lowest BCUT2D eigenvalue weighted by atomic mass is 9.73. The van der Waals surface area contributed by atoms with E-state index in [9.17, 15) is 0 Å². The Morgan fingerprint density at radius 1 is 0.938 bits per heavy atom. The molecule has 1 aliphatic carbocycles. The fourth-order valence-corrected chi connectivity index (χ4v) is 3.83. The first-order valence-corrected chi connectivity index (χ1v) is 7.56. The molecule has 4 atom stereocenters. The fraction of sp³-hybridized carbons (Fsp3) is 1.00. The van der Waals surface area contributed by atoms with Gasteiger partial charge in [0.15, 0.2) is 0 Å². The Bertz CT molecular complexity index is 180. The average molecular weight is 223 g/mol. The zero-order chi connectivity index (χ0) is 11.4. The molecule has 0 amide bonds. The van der Waals surface area contributed by atoms with E-state index in [1.165, 1.54) is 57.9 Å². The van der Waals surface area contributed by atoms with Crippen LogP contribution in [0.3, 0.4) is 0 Å². The molecule has 2 rings (SSSR count). The van der Waals surface area contributed by atoms with Crippen molar-refractivity contribution in [3.8, 4) is 0 Å². The Labute approximate surface area is 101 Å². The molecule has 0 aromatic heterocycles. The van der Waals surface area contributed by atoms with Crippen LogP contribution in [0.5, 0.6) is 0 Å². The number of hydrogen-bond acceptors (Lipinski definition) is 1. The van der Waals surface area contributed by atoms with Crippen LogP contribution in [-0.2, 0) is 0 Å². The quantitative estimate of drug-likeness (QED) is 0.763. The number of nitrogens with one attached hydrogen (secondary N) is 1. The van der Waals surface area contributed by atoms with Crippen LogP contribution in [0.2, 0.25) is 0 Å². The molecule has 1 saturated heterocycles. The van der Waals surface area contributed by atoms with Crippen molar-refractivity contribution in [3.05, 3.63) is 0 Å². The van der Waals surface area contributed by atoms with Crippen LogP contribution in [0.15, 0.2) is 0 Å². The largest absolute Gasteiger partial charge is 0.314 e. The van der Waals surface area contributed by atoms with Gasteiger partial charge in [0.1, 0.15) is 0 Å². The summed E-state index contributed by atoms with van der Waals surface area (Å²) in [5.41, 5.74) is 0. The van der Waals surface area contributed by atoms with E-state index >= 15 is 0 Å². The molecule has 1 heteroatoms. The van der Waals surface area contributed by atoms with E-state index in [1.807, 2.05) is 0 Å². The number of rotatable bonds is 3. The van der Waals surface area contributed by atoms with E-state index in [4.69, 9.17) is 0 Å². The van der Waals surface area contributed by atoms with E-state index < -0.39 is 0 Å². The highest BCUT2D eigenvalue weighted by Crippen LogP contribution is 2.36. The van der Waals surface area contributed by atoms with Gasteiger partial charge in [-0.1, -0.05) is 39.5 Å². The Morgan fingerprint density at radius 3 is 2.44 bits per heavy atom. The molecule has 1 saturated carbocycles. The van der Waals surface area contributed by atoms with Gasteiger partial charge in [0.2, 0.25) is 0 Å². The molecular formula is C15H29N. The van der Waals surface area contributed by atoms with E-state index in [2.05, 4.69) is 19.2 Å². The Kier molecular flexibility index (Phi) is 4.69. The summed E-state index contributed by atoms with van der Waals surface area (Å²) in [6.45, 7) is 6.01. The van der Waals surface area contributed by atoms with E-state index in [1.54, 1.807) is 0 Å². The fourth-order valence-electron chi connectivity index (χ4n) is 3.83. The van der Waals surface area contributed by atoms with Gasteiger partial charge >= 0.3 is 0 Å². The van der Waals surface area contributed by atoms with Crippen molar-refractivity contribution in [3.63, 3.8) is 0 Å². The molecule has 2 aliphatic rings. The summed E-state index contributed by atoms with van der Waals surface area (Å²) in [6.07, 6.45) is 11.6. The normalized spacial score (nSPS) is 40.9. The van der Waals surface area contributed by atoms with Crippen molar-refractivity contribution in [2.75, 3.05) is 6.54 Å². The number of piperidine rings is 1. The molecule has 16 heavy (non-hydrogen) atoms. The van der Waals surface area contributed by atoms with Gasteiger partial charge in [-0.2, -0.15) is 0 Å². The highest BCUT2D eigenvalue weighted by atomic mass is 14.9. The number of hydrogen-bond donors (Lipinski definition) is 1. The Hall–Kier alpha value is -0.0400. The summed E-state index contributed by atoms with van der Waals surface area (Å²) in [6, 6.07) is 0.855. The van der Waals surface area contributed by atoms with Gasteiger partial charge in [0, 0.05) is 6.04 Å². The molecule has 1 nitrogen and oxygen atoms in total. The van der Waals surface area contributed by atoms with Crippen LogP contribution >= 0.6 is 0 Å². The van der Waals surface area contributed by atoms with Gasteiger partial charge < -0.3 is 5.32 Å². The summed E-state index contributed by atoms with van der Waals surface area (Å²) in [4.78, 5) is 0. The minimum atomic E-state index is 0.855. The van der Waals surface area contributed by atoms with Crippen LogP contribution in [0.4, 0.5) is 0 Å². The summed E-state index contributed by atoms with van der Waals surface area (Å²) in [5.74, 6) is 3.03. The minimum Gasteiger partial charge on any atom is -0.314 e. The molecule has 4 unspecified atom stereocenters. The Balaban J connectivity index is 1.85. The third-order valence-electron chi connectivity index (χ3n) is 5.09. The highest BCUT2D eigenvalue weighted by Gasteiger charge is 2.30. The second-order valence-electron chi connectivity index (χ2n) is 6.06. The smallest absolute Gasteiger partial charge is 0.00980 e. The van der Waals surface area contributed by atoms with Crippen molar-refractivity contribution in [2.45, 2.75) is 71.3 Å². The maximum absolute atomic E-state index is 3.80. The minimum absolute atomic E-state index is 0.855. The molecule has 0 aromatic carbocycles. The lowest BCUT2D eigenvalue weighted by Crippen LogP contribution is -2.44.